The fraction of sp³-hybridized carbons (Fsp3) is 0.727. The van der Waals surface area contributed by atoms with Gasteiger partial charge in [0.05, 0.1) is 33.0 Å². The zero-order chi connectivity index (χ0) is 20.7. The van der Waals surface area contributed by atoms with Crippen LogP contribution < -0.4 is 10.6 Å². The molecular formula is C22H38N2O4. The van der Waals surface area contributed by atoms with Crippen molar-refractivity contribution < 1.29 is 19.3 Å². The van der Waals surface area contributed by atoms with Crippen LogP contribution in [0.5, 0.6) is 0 Å². The van der Waals surface area contributed by atoms with Crippen molar-refractivity contribution in [3.8, 4) is 0 Å². The molecule has 0 fully saturated rings. The highest BCUT2D eigenvalue weighted by Crippen LogP contribution is 2.40. The van der Waals surface area contributed by atoms with Crippen molar-refractivity contribution in [1.29, 1.82) is 0 Å². The molecule has 0 spiro atoms. The molecule has 0 amide bonds. The summed E-state index contributed by atoms with van der Waals surface area (Å²) in [4.78, 5) is 2.41. The van der Waals surface area contributed by atoms with Gasteiger partial charge in [-0.2, -0.15) is 0 Å². The molecule has 0 saturated heterocycles. The number of hydrogen-bond donors (Lipinski definition) is 2. The number of aryl methyl sites for hydroxylation is 1. The van der Waals surface area contributed by atoms with Crippen LogP contribution >= 0.6 is 0 Å². The van der Waals surface area contributed by atoms with Gasteiger partial charge in [0.25, 0.3) is 0 Å². The molecule has 2 rings (SSSR count). The number of aliphatic hydroxyl groups is 1. The van der Waals surface area contributed by atoms with Crippen molar-refractivity contribution in [3.05, 3.63) is 23.3 Å². The number of nitrogen functional groups attached to an aromatic ring is 1. The monoisotopic (exact) mass is 394 g/mol. The van der Waals surface area contributed by atoms with Crippen molar-refractivity contribution in [2.24, 2.45) is 0 Å². The lowest BCUT2D eigenvalue weighted by atomic mass is 9.85. The summed E-state index contributed by atoms with van der Waals surface area (Å²) in [6, 6.07) is 4.40. The van der Waals surface area contributed by atoms with E-state index in [9.17, 15) is 0 Å². The molecule has 6 heteroatoms. The van der Waals surface area contributed by atoms with Crippen LogP contribution in [-0.4, -0.2) is 56.5 Å². The van der Waals surface area contributed by atoms with E-state index in [1.807, 2.05) is 6.92 Å². The number of hydrogen-bond acceptors (Lipinski definition) is 6. The topological polar surface area (TPSA) is 77.2 Å². The minimum atomic E-state index is -0.340. The molecule has 1 aromatic carbocycles. The summed E-state index contributed by atoms with van der Waals surface area (Å²) >= 11 is 0. The molecule has 1 atom stereocenters. The van der Waals surface area contributed by atoms with Crippen molar-refractivity contribution in [2.75, 3.05) is 50.2 Å². The van der Waals surface area contributed by atoms with E-state index in [0.29, 0.717) is 38.9 Å². The Balaban J connectivity index is 2.20. The molecule has 1 aliphatic heterocycles. The molecule has 1 aliphatic rings. The first-order valence-corrected chi connectivity index (χ1v) is 10.4. The Bertz CT molecular complexity index is 619. The van der Waals surface area contributed by atoms with Crippen molar-refractivity contribution >= 4 is 11.4 Å². The van der Waals surface area contributed by atoms with E-state index >= 15 is 0 Å². The van der Waals surface area contributed by atoms with Crippen LogP contribution in [0.4, 0.5) is 11.4 Å². The minimum Gasteiger partial charge on any atom is -0.398 e. The summed E-state index contributed by atoms with van der Waals surface area (Å²) in [5.74, 6) is 0.375. The number of rotatable bonds is 11. The molecule has 0 aliphatic carbocycles. The second-order valence-electron chi connectivity index (χ2n) is 8.28. The third-order valence-corrected chi connectivity index (χ3v) is 5.39. The van der Waals surface area contributed by atoms with Crippen LogP contribution in [-0.2, 0) is 20.6 Å². The molecule has 160 valence electrons. The van der Waals surface area contributed by atoms with Gasteiger partial charge in [-0.05, 0) is 62.8 Å². The first-order chi connectivity index (χ1) is 13.3. The molecule has 0 aromatic heterocycles. The summed E-state index contributed by atoms with van der Waals surface area (Å²) in [6.07, 6.45) is 1.74. The average molecular weight is 395 g/mol. The van der Waals surface area contributed by atoms with Gasteiger partial charge in [-0.15, -0.1) is 0 Å². The molecule has 6 nitrogen and oxygen atoms in total. The minimum absolute atomic E-state index is 0.00344. The van der Waals surface area contributed by atoms with E-state index in [1.165, 1.54) is 16.8 Å². The van der Waals surface area contributed by atoms with Gasteiger partial charge in [0.15, 0.2) is 6.29 Å². The average Bonchev–Trinajstić information content (AvgIpc) is 2.63. The number of aliphatic hydroxyl groups excluding tert-OH is 1. The highest BCUT2D eigenvalue weighted by Gasteiger charge is 2.35. The molecular weight excluding hydrogens is 356 g/mol. The number of ether oxygens (including phenoxy) is 3. The van der Waals surface area contributed by atoms with Crippen molar-refractivity contribution in [1.82, 2.24) is 0 Å². The first-order valence-electron chi connectivity index (χ1n) is 10.4. The van der Waals surface area contributed by atoms with Gasteiger partial charge >= 0.3 is 0 Å². The van der Waals surface area contributed by atoms with Crippen LogP contribution in [0.25, 0.3) is 0 Å². The van der Waals surface area contributed by atoms with Crippen LogP contribution in [0.15, 0.2) is 12.1 Å². The Morgan fingerprint density at radius 3 is 2.57 bits per heavy atom. The highest BCUT2D eigenvalue weighted by atomic mass is 16.7. The van der Waals surface area contributed by atoms with Crippen LogP contribution in [0.1, 0.15) is 58.1 Å². The Hall–Kier alpha value is -1.34. The van der Waals surface area contributed by atoms with E-state index < -0.39 is 0 Å². The SMILES string of the molecule is CCOC(CN1c2cc(C(C)C)c(N)cc2CCC1(C)C)OCCOCCO. The third-order valence-electron chi connectivity index (χ3n) is 5.39. The van der Waals surface area contributed by atoms with Gasteiger partial charge in [0.2, 0.25) is 0 Å². The first kappa shape index (κ1) is 22.9. The van der Waals surface area contributed by atoms with E-state index in [0.717, 1.165) is 18.5 Å². The highest BCUT2D eigenvalue weighted by molar-refractivity contribution is 5.67. The number of nitrogens with two attached hydrogens (primary N) is 1. The molecule has 1 aromatic rings. The summed E-state index contributed by atoms with van der Waals surface area (Å²) < 4.78 is 17.1. The summed E-state index contributed by atoms with van der Waals surface area (Å²) in [6.45, 7) is 13.3. The van der Waals surface area contributed by atoms with Gasteiger partial charge in [-0.25, -0.2) is 0 Å². The Labute approximate surface area is 169 Å². The number of fused-ring (bicyclic) bond motifs is 1. The molecule has 3 N–H and O–H groups in total. The Kier molecular flexibility index (Phi) is 8.56. The lowest BCUT2D eigenvalue weighted by molar-refractivity contribution is -0.143. The maximum Gasteiger partial charge on any atom is 0.174 e. The van der Waals surface area contributed by atoms with Gasteiger partial charge < -0.3 is 30.0 Å². The second kappa shape index (κ2) is 10.4. The van der Waals surface area contributed by atoms with Crippen molar-refractivity contribution in [2.45, 2.75) is 65.2 Å². The summed E-state index contributed by atoms with van der Waals surface area (Å²) in [5, 5.41) is 8.80. The van der Waals surface area contributed by atoms with E-state index in [1.54, 1.807) is 0 Å². The Morgan fingerprint density at radius 2 is 1.93 bits per heavy atom. The number of benzene rings is 1. The van der Waals surface area contributed by atoms with Crippen molar-refractivity contribution in [3.63, 3.8) is 0 Å². The smallest absolute Gasteiger partial charge is 0.174 e. The maximum atomic E-state index is 8.80. The molecule has 0 saturated carbocycles. The summed E-state index contributed by atoms with van der Waals surface area (Å²) in [5.41, 5.74) is 10.9. The Morgan fingerprint density at radius 1 is 1.18 bits per heavy atom. The van der Waals surface area contributed by atoms with E-state index in [4.69, 9.17) is 25.1 Å². The maximum absolute atomic E-state index is 8.80. The molecule has 0 radical (unpaired) electrons. The van der Waals surface area contributed by atoms with Gasteiger partial charge in [-0.3, -0.25) is 0 Å². The second-order valence-corrected chi connectivity index (χ2v) is 8.28. The number of anilines is 2. The van der Waals surface area contributed by atoms with Crippen LogP contribution in [0, 0.1) is 0 Å². The predicted molar refractivity (Wildman–Crippen MR) is 114 cm³/mol. The molecule has 1 heterocycles. The number of nitrogens with zero attached hydrogens (tertiary/aromatic N) is 1. The zero-order valence-corrected chi connectivity index (χ0v) is 18.2. The fourth-order valence-electron chi connectivity index (χ4n) is 3.76. The van der Waals surface area contributed by atoms with Gasteiger partial charge in [0.1, 0.15) is 0 Å². The quantitative estimate of drug-likeness (QED) is 0.341. The molecule has 1 unspecified atom stereocenters. The van der Waals surface area contributed by atoms with Crippen LogP contribution in [0.2, 0.25) is 0 Å². The molecule has 28 heavy (non-hydrogen) atoms. The van der Waals surface area contributed by atoms with Gasteiger partial charge in [0, 0.05) is 23.5 Å². The fourth-order valence-corrected chi connectivity index (χ4v) is 3.76. The van der Waals surface area contributed by atoms with Gasteiger partial charge in [-0.1, -0.05) is 13.8 Å². The zero-order valence-electron chi connectivity index (χ0n) is 18.2. The molecule has 0 bridgehead atoms. The largest absolute Gasteiger partial charge is 0.398 e. The lowest BCUT2D eigenvalue weighted by Crippen LogP contribution is -2.51. The standard InChI is InChI=1S/C22H38N2O4/c1-6-27-21(28-12-11-26-10-9-25)15-24-20-14-18(16(2)3)19(23)13-17(20)7-8-22(24,4)5/h13-14,16,21,25H,6-12,15,23H2,1-5H3. The summed E-state index contributed by atoms with van der Waals surface area (Å²) in [7, 11) is 0. The van der Waals surface area contributed by atoms with Crippen LogP contribution in [0.3, 0.4) is 0 Å². The predicted octanol–water partition coefficient (Wildman–Crippen LogP) is 3.31. The normalized spacial score (nSPS) is 17.0. The lowest BCUT2D eigenvalue weighted by Gasteiger charge is -2.46. The van der Waals surface area contributed by atoms with E-state index in [-0.39, 0.29) is 18.4 Å². The third kappa shape index (κ3) is 5.83. The van der Waals surface area contributed by atoms with E-state index in [2.05, 4.69) is 44.7 Å².